The number of nitrogens with one attached hydrogen (secondary N) is 1. The molecule has 1 aliphatic rings. The van der Waals surface area contributed by atoms with E-state index in [1.54, 1.807) is 0 Å². The lowest BCUT2D eigenvalue weighted by atomic mass is 10.1. The van der Waals surface area contributed by atoms with Crippen LogP contribution in [0.3, 0.4) is 0 Å². The van der Waals surface area contributed by atoms with Crippen molar-refractivity contribution in [1.82, 2.24) is 10.2 Å². The number of hydrogen-bond acceptors (Lipinski definition) is 3. The van der Waals surface area contributed by atoms with Gasteiger partial charge in [-0.05, 0) is 58.4 Å². The molecule has 0 saturated heterocycles. The summed E-state index contributed by atoms with van der Waals surface area (Å²) in [5.74, 6) is 0.949. The first-order valence-corrected chi connectivity index (χ1v) is 7.80. The molecule has 112 valence electrons. The van der Waals surface area contributed by atoms with Crippen LogP contribution in [0.25, 0.3) is 0 Å². The molecule has 0 radical (unpaired) electrons. The highest BCUT2D eigenvalue weighted by Gasteiger charge is 2.28. The van der Waals surface area contributed by atoms with Crippen LogP contribution in [-0.4, -0.2) is 37.2 Å². The number of benzene rings is 1. The summed E-state index contributed by atoms with van der Waals surface area (Å²) in [5, 5.41) is 3.63. The van der Waals surface area contributed by atoms with Crippen molar-refractivity contribution < 1.29 is 4.74 Å². The van der Waals surface area contributed by atoms with Crippen molar-refractivity contribution in [3.63, 3.8) is 0 Å². The molecular weight excluding hydrogens is 248 g/mol. The molecule has 3 heteroatoms. The maximum Gasteiger partial charge on any atom is 0.119 e. The average Bonchev–Trinajstić information content (AvgIpc) is 3.29. The van der Waals surface area contributed by atoms with Crippen molar-refractivity contribution in [1.29, 1.82) is 0 Å². The molecule has 1 N–H and O–H groups in total. The Balaban J connectivity index is 1.79. The number of rotatable bonds is 8. The van der Waals surface area contributed by atoms with Gasteiger partial charge in [-0.2, -0.15) is 0 Å². The third-order valence-electron chi connectivity index (χ3n) is 4.23. The molecular formula is C17H28N2O. The van der Waals surface area contributed by atoms with Crippen molar-refractivity contribution >= 4 is 0 Å². The van der Waals surface area contributed by atoms with E-state index < -0.39 is 0 Å². The van der Waals surface area contributed by atoms with Crippen LogP contribution in [0.2, 0.25) is 0 Å². The Labute approximate surface area is 123 Å². The summed E-state index contributed by atoms with van der Waals surface area (Å²) in [4.78, 5) is 2.50. The Kier molecular flexibility index (Phi) is 5.44. The van der Waals surface area contributed by atoms with E-state index in [4.69, 9.17) is 4.74 Å². The summed E-state index contributed by atoms with van der Waals surface area (Å²) in [6.07, 6.45) is 2.74. The number of ether oxygens (including phenoxy) is 1. The van der Waals surface area contributed by atoms with Crippen LogP contribution in [0, 0.1) is 0 Å². The normalized spacial score (nSPS) is 18.1. The van der Waals surface area contributed by atoms with E-state index >= 15 is 0 Å². The molecule has 0 spiro atoms. The lowest BCUT2D eigenvalue weighted by Gasteiger charge is -2.26. The van der Waals surface area contributed by atoms with Crippen molar-refractivity contribution in [3.05, 3.63) is 29.8 Å². The zero-order valence-electron chi connectivity index (χ0n) is 13.2. The number of nitrogens with zero attached hydrogens (tertiary/aromatic N) is 1. The van der Waals surface area contributed by atoms with Crippen LogP contribution in [-0.2, 0) is 0 Å². The van der Waals surface area contributed by atoms with Gasteiger partial charge in [0.25, 0.3) is 0 Å². The Bertz CT molecular complexity index is 400. The summed E-state index contributed by atoms with van der Waals surface area (Å²) in [6, 6.07) is 10.2. The number of likely N-dealkylation sites (N-methyl/N-ethyl adjacent to an activating group) is 1. The van der Waals surface area contributed by atoms with E-state index in [1.165, 1.54) is 18.4 Å². The molecule has 0 aromatic heterocycles. The monoisotopic (exact) mass is 276 g/mol. The van der Waals surface area contributed by atoms with E-state index in [1.807, 2.05) is 6.92 Å². The average molecular weight is 276 g/mol. The van der Waals surface area contributed by atoms with Gasteiger partial charge in [0.05, 0.1) is 6.61 Å². The summed E-state index contributed by atoms with van der Waals surface area (Å²) in [5.41, 5.74) is 1.31. The van der Waals surface area contributed by atoms with Crippen LogP contribution in [0.5, 0.6) is 5.75 Å². The highest BCUT2D eigenvalue weighted by Crippen LogP contribution is 2.27. The summed E-state index contributed by atoms with van der Waals surface area (Å²) in [6.45, 7) is 8.28. The second-order valence-electron chi connectivity index (χ2n) is 5.88. The Hall–Kier alpha value is -1.06. The lowest BCUT2D eigenvalue weighted by molar-refractivity contribution is 0.237. The first kappa shape index (κ1) is 15.3. The minimum Gasteiger partial charge on any atom is -0.494 e. The minimum atomic E-state index is 0.376. The second kappa shape index (κ2) is 7.09. The smallest absolute Gasteiger partial charge is 0.119 e. The van der Waals surface area contributed by atoms with Crippen LogP contribution >= 0.6 is 0 Å². The van der Waals surface area contributed by atoms with Gasteiger partial charge < -0.3 is 10.1 Å². The minimum absolute atomic E-state index is 0.376. The first-order valence-electron chi connectivity index (χ1n) is 7.80. The molecule has 2 atom stereocenters. The molecule has 1 aromatic rings. The summed E-state index contributed by atoms with van der Waals surface area (Å²) in [7, 11) is 2.24. The molecule has 2 unspecified atom stereocenters. The van der Waals surface area contributed by atoms with Crippen molar-refractivity contribution in [2.45, 2.75) is 51.7 Å². The van der Waals surface area contributed by atoms with Gasteiger partial charge in [0, 0.05) is 24.7 Å². The lowest BCUT2D eigenvalue weighted by Crippen LogP contribution is -2.39. The van der Waals surface area contributed by atoms with E-state index in [9.17, 15) is 0 Å². The highest BCUT2D eigenvalue weighted by molar-refractivity contribution is 5.28. The number of hydrogen-bond donors (Lipinski definition) is 1. The van der Waals surface area contributed by atoms with E-state index in [-0.39, 0.29) is 0 Å². The van der Waals surface area contributed by atoms with Crippen LogP contribution in [0.4, 0.5) is 0 Å². The van der Waals surface area contributed by atoms with Gasteiger partial charge in [-0.25, -0.2) is 0 Å². The standard InChI is InChI=1S/C17H28N2O/c1-5-20-17-10-6-15(7-11-17)14(3)18-12-13(2)19(4)16-8-9-16/h6-7,10-11,13-14,16,18H,5,8-9,12H2,1-4H3. The molecule has 0 heterocycles. The highest BCUT2D eigenvalue weighted by atomic mass is 16.5. The van der Waals surface area contributed by atoms with Gasteiger partial charge in [-0.1, -0.05) is 12.1 Å². The van der Waals surface area contributed by atoms with Gasteiger partial charge in [0.15, 0.2) is 0 Å². The molecule has 0 aliphatic heterocycles. The Morgan fingerprint density at radius 3 is 2.45 bits per heavy atom. The van der Waals surface area contributed by atoms with Crippen LogP contribution < -0.4 is 10.1 Å². The van der Waals surface area contributed by atoms with Gasteiger partial charge in [0.2, 0.25) is 0 Å². The molecule has 0 amide bonds. The molecule has 1 aromatic carbocycles. The fourth-order valence-electron chi connectivity index (χ4n) is 2.47. The molecule has 1 saturated carbocycles. The molecule has 0 bridgehead atoms. The molecule has 3 nitrogen and oxygen atoms in total. The van der Waals surface area contributed by atoms with Gasteiger partial charge in [0.1, 0.15) is 5.75 Å². The summed E-state index contributed by atoms with van der Waals surface area (Å²) >= 11 is 0. The van der Waals surface area contributed by atoms with Gasteiger partial charge in [-0.3, -0.25) is 4.90 Å². The third-order valence-corrected chi connectivity index (χ3v) is 4.23. The predicted molar refractivity (Wildman–Crippen MR) is 84.3 cm³/mol. The maximum atomic E-state index is 5.48. The van der Waals surface area contributed by atoms with Crippen molar-refractivity contribution in [2.24, 2.45) is 0 Å². The largest absolute Gasteiger partial charge is 0.494 e. The third kappa shape index (κ3) is 4.22. The SMILES string of the molecule is CCOc1ccc(C(C)NCC(C)N(C)C2CC2)cc1. The fourth-order valence-corrected chi connectivity index (χ4v) is 2.47. The van der Waals surface area contributed by atoms with E-state index in [2.05, 4.69) is 55.4 Å². The zero-order chi connectivity index (χ0) is 14.5. The van der Waals surface area contributed by atoms with Crippen LogP contribution in [0.1, 0.15) is 45.2 Å². The van der Waals surface area contributed by atoms with Crippen LogP contribution in [0.15, 0.2) is 24.3 Å². The van der Waals surface area contributed by atoms with Crippen molar-refractivity contribution in [3.8, 4) is 5.75 Å². The molecule has 1 aliphatic carbocycles. The summed E-state index contributed by atoms with van der Waals surface area (Å²) < 4.78 is 5.48. The fraction of sp³-hybridized carbons (Fsp3) is 0.647. The van der Waals surface area contributed by atoms with Gasteiger partial charge >= 0.3 is 0 Å². The molecule has 1 fully saturated rings. The van der Waals surface area contributed by atoms with Gasteiger partial charge in [-0.15, -0.1) is 0 Å². The predicted octanol–water partition coefficient (Wildman–Crippen LogP) is 3.22. The Morgan fingerprint density at radius 1 is 1.25 bits per heavy atom. The quantitative estimate of drug-likeness (QED) is 0.789. The maximum absolute atomic E-state index is 5.48. The van der Waals surface area contributed by atoms with E-state index in [0.717, 1.165) is 24.9 Å². The zero-order valence-corrected chi connectivity index (χ0v) is 13.2. The second-order valence-corrected chi connectivity index (χ2v) is 5.88. The van der Waals surface area contributed by atoms with Crippen molar-refractivity contribution in [2.75, 3.05) is 20.2 Å². The molecule has 20 heavy (non-hydrogen) atoms. The molecule has 2 rings (SSSR count). The first-order chi connectivity index (χ1) is 9.61. The van der Waals surface area contributed by atoms with E-state index in [0.29, 0.717) is 12.1 Å². The topological polar surface area (TPSA) is 24.5 Å². The Morgan fingerprint density at radius 2 is 1.90 bits per heavy atom.